The van der Waals surface area contributed by atoms with E-state index < -0.39 is 4.92 Å². The van der Waals surface area contributed by atoms with Gasteiger partial charge in [0.2, 0.25) is 5.95 Å². The van der Waals surface area contributed by atoms with Crippen LogP contribution in [0.4, 0.5) is 17.3 Å². The van der Waals surface area contributed by atoms with Crippen LogP contribution < -0.4 is 4.90 Å². The molecule has 0 amide bonds. The first-order chi connectivity index (χ1) is 8.18. The van der Waals surface area contributed by atoms with E-state index in [0.29, 0.717) is 5.95 Å². The van der Waals surface area contributed by atoms with Crippen molar-refractivity contribution < 1.29 is 4.92 Å². The maximum atomic E-state index is 10.5. The molecule has 2 rings (SSSR count). The lowest BCUT2D eigenvalue weighted by Crippen LogP contribution is -2.12. The summed E-state index contributed by atoms with van der Waals surface area (Å²) in [6.07, 6.45) is 3.29. The standard InChI is InChI=1S/C11H10N4O2/c1-14(11-12-7-2-8-13-11)9-3-5-10(6-4-9)15(16)17/h2-8H,1H3. The van der Waals surface area contributed by atoms with E-state index in [1.54, 1.807) is 42.5 Å². The van der Waals surface area contributed by atoms with Gasteiger partial charge in [0.15, 0.2) is 0 Å². The van der Waals surface area contributed by atoms with Crippen molar-refractivity contribution in [1.82, 2.24) is 9.97 Å². The van der Waals surface area contributed by atoms with Crippen molar-refractivity contribution >= 4 is 17.3 Å². The van der Waals surface area contributed by atoms with E-state index in [9.17, 15) is 10.1 Å². The highest BCUT2D eigenvalue weighted by Gasteiger charge is 2.08. The highest BCUT2D eigenvalue weighted by atomic mass is 16.6. The van der Waals surface area contributed by atoms with Crippen molar-refractivity contribution in [3.05, 3.63) is 52.8 Å². The van der Waals surface area contributed by atoms with Crippen LogP contribution in [0, 0.1) is 10.1 Å². The highest BCUT2D eigenvalue weighted by molar-refractivity contribution is 5.57. The van der Waals surface area contributed by atoms with Crippen LogP contribution in [0.3, 0.4) is 0 Å². The quantitative estimate of drug-likeness (QED) is 0.596. The molecule has 17 heavy (non-hydrogen) atoms. The molecule has 0 aliphatic carbocycles. The fraction of sp³-hybridized carbons (Fsp3) is 0.0909. The van der Waals surface area contributed by atoms with Crippen LogP contribution in [0.1, 0.15) is 0 Å². The number of nitro groups is 1. The number of hydrogen-bond acceptors (Lipinski definition) is 5. The van der Waals surface area contributed by atoms with E-state index in [0.717, 1.165) is 5.69 Å². The molecule has 0 fully saturated rings. The van der Waals surface area contributed by atoms with Gasteiger partial charge in [0, 0.05) is 37.3 Å². The zero-order chi connectivity index (χ0) is 12.3. The summed E-state index contributed by atoms with van der Waals surface area (Å²) in [5.41, 5.74) is 0.859. The number of aromatic nitrogens is 2. The number of non-ortho nitro benzene ring substituents is 1. The monoisotopic (exact) mass is 230 g/mol. The van der Waals surface area contributed by atoms with Crippen molar-refractivity contribution in [2.75, 3.05) is 11.9 Å². The van der Waals surface area contributed by atoms with E-state index in [2.05, 4.69) is 9.97 Å². The normalized spacial score (nSPS) is 9.94. The van der Waals surface area contributed by atoms with Gasteiger partial charge in [0.05, 0.1) is 4.92 Å². The summed E-state index contributed by atoms with van der Waals surface area (Å²) in [5.74, 6) is 0.543. The summed E-state index contributed by atoms with van der Waals surface area (Å²) in [6, 6.07) is 7.96. The van der Waals surface area contributed by atoms with Crippen LogP contribution in [0.5, 0.6) is 0 Å². The Balaban J connectivity index is 2.26. The summed E-state index contributed by atoms with van der Waals surface area (Å²) in [6.45, 7) is 0. The van der Waals surface area contributed by atoms with Crippen LogP contribution in [0.15, 0.2) is 42.7 Å². The molecule has 0 unspecified atom stereocenters. The molecular formula is C11H10N4O2. The van der Waals surface area contributed by atoms with Gasteiger partial charge in [-0.1, -0.05) is 0 Å². The first-order valence-electron chi connectivity index (χ1n) is 4.93. The SMILES string of the molecule is CN(c1ccc([N+](=O)[O-])cc1)c1ncccn1. The van der Waals surface area contributed by atoms with Crippen LogP contribution >= 0.6 is 0 Å². The van der Waals surface area contributed by atoms with Crippen LogP contribution in [-0.4, -0.2) is 21.9 Å². The van der Waals surface area contributed by atoms with Gasteiger partial charge in [-0.05, 0) is 18.2 Å². The Kier molecular flexibility index (Phi) is 2.95. The molecule has 6 heteroatoms. The summed E-state index contributed by atoms with van der Waals surface area (Å²) in [7, 11) is 1.80. The van der Waals surface area contributed by atoms with E-state index >= 15 is 0 Å². The first kappa shape index (κ1) is 11.0. The molecule has 0 radical (unpaired) electrons. The van der Waals surface area contributed by atoms with Gasteiger partial charge < -0.3 is 4.90 Å². The third-order valence-electron chi connectivity index (χ3n) is 2.30. The van der Waals surface area contributed by atoms with Crippen molar-refractivity contribution in [3.63, 3.8) is 0 Å². The predicted octanol–water partition coefficient (Wildman–Crippen LogP) is 2.15. The topological polar surface area (TPSA) is 72.2 Å². The van der Waals surface area contributed by atoms with Crippen LogP contribution in [-0.2, 0) is 0 Å². The molecule has 1 aromatic heterocycles. The molecule has 0 saturated heterocycles. The van der Waals surface area contributed by atoms with Crippen LogP contribution in [0.2, 0.25) is 0 Å². The van der Waals surface area contributed by atoms with Gasteiger partial charge >= 0.3 is 0 Å². The number of benzene rings is 1. The van der Waals surface area contributed by atoms with Crippen molar-refractivity contribution in [1.29, 1.82) is 0 Å². The van der Waals surface area contributed by atoms with E-state index in [1.165, 1.54) is 12.1 Å². The molecule has 0 aliphatic rings. The minimum absolute atomic E-state index is 0.0659. The maximum absolute atomic E-state index is 10.5. The lowest BCUT2D eigenvalue weighted by atomic mass is 10.3. The minimum Gasteiger partial charge on any atom is -0.314 e. The smallest absolute Gasteiger partial charge is 0.269 e. The van der Waals surface area contributed by atoms with Gasteiger partial charge in [-0.25, -0.2) is 9.97 Å². The molecule has 6 nitrogen and oxygen atoms in total. The average molecular weight is 230 g/mol. The Bertz CT molecular complexity index is 513. The first-order valence-corrected chi connectivity index (χ1v) is 4.93. The number of hydrogen-bond donors (Lipinski definition) is 0. The Morgan fingerprint density at radius 2 is 1.76 bits per heavy atom. The zero-order valence-electron chi connectivity index (χ0n) is 9.15. The van der Waals surface area contributed by atoms with Gasteiger partial charge in [0.25, 0.3) is 5.69 Å². The van der Waals surface area contributed by atoms with E-state index in [1.807, 2.05) is 0 Å². The van der Waals surface area contributed by atoms with Crippen molar-refractivity contribution in [2.45, 2.75) is 0 Å². The third kappa shape index (κ3) is 2.36. The summed E-state index contributed by atoms with van der Waals surface area (Å²) < 4.78 is 0. The molecule has 0 bridgehead atoms. The third-order valence-corrected chi connectivity index (χ3v) is 2.30. The Labute approximate surface area is 97.7 Å². The molecule has 0 spiro atoms. The largest absolute Gasteiger partial charge is 0.314 e. The van der Waals surface area contributed by atoms with Gasteiger partial charge in [0.1, 0.15) is 0 Å². The fourth-order valence-corrected chi connectivity index (χ4v) is 1.38. The second kappa shape index (κ2) is 4.56. The lowest BCUT2D eigenvalue weighted by molar-refractivity contribution is -0.384. The molecule has 86 valence electrons. The zero-order valence-corrected chi connectivity index (χ0v) is 9.15. The van der Waals surface area contributed by atoms with Gasteiger partial charge in [-0.15, -0.1) is 0 Å². The van der Waals surface area contributed by atoms with Crippen molar-refractivity contribution in [2.24, 2.45) is 0 Å². The lowest BCUT2D eigenvalue weighted by Gasteiger charge is -2.16. The van der Waals surface area contributed by atoms with E-state index in [-0.39, 0.29) is 5.69 Å². The predicted molar refractivity (Wildman–Crippen MR) is 63.2 cm³/mol. The summed E-state index contributed by atoms with van der Waals surface area (Å²) >= 11 is 0. The minimum atomic E-state index is -0.428. The average Bonchev–Trinajstić information content (AvgIpc) is 2.39. The maximum Gasteiger partial charge on any atom is 0.269 e. The second-order valence-electron chi connectivity index (χ2n) is 3.38. The second-order valence-corrected chi connectivity index (χ2v) is 3.38. The van der Waals surface area contributed by atoms with E-state index in [4.69, 9.17) is 0 Å². The highest BCUT2D eigenvalue weighted by Crippen LogP contribution is 2.22. The number of nitro benzene ring substituents is 1. The number of nitrogens with zero attached hydrogens (tertiary/aromatic N) is 4. The molecule has 0 atom stereocenters. The summed E-state index contributed by atoms with van der Waals surface area (Å²) in [5, 5.41) is 10.5. The molecule has 0 N–H and O–H groups in total. The Morgan fingerprint density at radius 1 is 1.18 bits per heavy atom. The van der Waals surface area contributed by atoms with Crippen molar-refractivity contribution in [3.8, 4) is 0 Å². The summed E-state index contributed by atoms with van der Waals surface area (Å²) in [4.78, 5) is 20.0. The van der Waals surface area contributed by atoms with Gasteiger partial charge in [-0.2, -0.15) is 0 Å². The molecule has 1 heterocycles. The molecule has 0 saturated carbocycles. The molecule has 0 aliphatic heterocycles. The Hall–Kier alpha value is -2.50. The molecular weight excluding hydrogens is 220 g/mol. The molecule has 2 aromatic rings. The van der Waals surface area contributed by atoms with Crippen LogP contribution in [0.25, 0.3) is 0 Å². The van der Waals surface area contributed by atoms with Gasteiger partial charge in [-0.3, -0.25) is 10.1 Å². The fourth-order valence-electron chi connectivity index (χ4n) is 1.38. The Morgan fingerprint density at radius 3 is 2.29 bits per heavy atom. The number of anilines is 2. The molecule has 1 aromatic carbocycles. The number of rotatable bonds is 3.